The molecule has 0 amide bonds. The quantitative estimate of drug-likeness (QED) is 0.560. The number of nitrogens with zero attached hydrogens (tertiary/aromatic N) is 1. The van der Waals surface area contributed by atoms with Gasteiger partial charge in [-0.05, 0) is 18.6 Å². The van der Waals surface area contributed by atoms with Gasteiger partial charge in [0.05, 0.1) is 6.61 Å². The molecule has 0 spiro atoms. The number of alkyl halides is 1. The summed E-state index contributed by atoms with van der Waals surface area (Å²) >= 11 is 5.48. The van der Waals surface area contributed by atoms with Gasteiger partial charge in [0.25, 0.3) is 0 Å². The van der Waals surface area contributed by atoms with Crippen LogP contribution >= 0.6 is 24.0 Å². The molecule has 0 saturated carbocycles. The van der Waals surface area contributed by atoms with Gasteiger partial charge >= 0.3 is 0 Å². The van der Waals surface area contributed by atoms with E-state index in [1.807, 2.05) is 12.1 Å². The van der Waals surface area contributed by atoms with Crippen molar-refractivity contribution >= 4 is 24.0 Å². The zero-order valence-corrected chi connectivity index (χ0v) is 8.14. The van der Waals surface area contributed by atoms with Crippen molar-refractivity contribution in [3.8, 4) is 5.75 Å². The minimum Gasteiger partial charge on any atom is -0.493 e. The predicted octanol–water partition coefficient (Wildman–Crippen LogP) is 2.51. The third kappa shape index (κ3) is 4.42. The molecular weight excluding hydrogens is 197 g/mol. The monoisotopic (exact) mass is 207 g/mol. The van der Waals surface area contributed by atoms with Crippen LogP contribution in [0.15, 0.2) is 24.5 Å². The van der Waals surface area contributed by atoms with Crippen LogP contribution in [0.4, 0.5) is 0 Å². The van der Waals surface area contributed by atoms with Crippen LogP contribution in [0.25, 0.3) is 0 Å². The second-order valence-corrected chi connectivity index (χ2v) is 2.45. The highest BCUT2D eigenvalue weighted by molar-refractivity contribution is 6.17. The van der Waals surface area contributed by atoms with Crippen LogP contribution in [0, 0.1) is 0 Å². The second-order valence-electron chi connectivity index (χ2n) is 2.07. The first kappa shape index (κ1) is 11.5. The number of aromatic nitrogens is 1. The summed E-state index contributed by atoms with van der Waals surface area (Å²) in [6.07, 6.45) is 4.29. The van der Waals surface area contributed by atoms with Gasteiger partial charge in [-0.15, -0.1) is 24.0 Å². The predicted molar refractivity (Wildman–Crippen MR) is 52.3 cm³/mol. The molecule has 0 radical (unpaired) electrons. The first-order valence-electron chi connectivity index (χ1n) is 3.52. The van der Waals surface area contributed by atoms with Gasteiger partial charge in [-0.2, -0.15) is 0 Å². The zero-order valence-electron chi connectivity index (χ0n) is 6.57. The van der Waals surface area contributed by atoms with Crippen LogP contribution in [0.5, 0.6) is 5.75 Å². The highest BCUT2D eigenvalue weighted by Gasteiger charge is 1.89. The van der Waals surface area contributed by atoms with Crippen LogP contribution in [-0.4, -0.2) is 17.5 Å². The fraction of sp³-hybridized carbons (Fsp3) is 0.375. The van der Waals surface area contributed by atoms with Crippen LogP contribution in [0.2, 0.25) is 0 Å². The van der Waals surface area contributed by atoms with Crippen molar-refractivity contribution in [3.05, 3.63) is 24.5 Å². The molecule has 0 aliphatic heterocycles. The molecule has 0 fully saturated rings. The number of halogens is 2. The summed E-state index contributed by atoms with van der Waals surface area (Å²) in [6.45, 7) is 0.674. The van der Waals surface area contributed by atoms with Crippen molar-refractivity contribution in [2.75, 3.05) is 12.5 Å². The largest absolute Gasteiger partial charge is 0.493 e. The maximum atomic E-state index is 5.48. The van der Waals surface area contributed by atoms with Crippen LogP contribution in [0.3, 0.4) is 0 Å². The number of pyridine rings is 1. The first-order chi connectivity index (χ1) is 5.43. The maximum absolute atomic E-state index is 5.48. The number of hydrogen-bond donors (Lipinski definition) is 0. The minimum atomic E-state index is 0. The molecule has 0 aliphatic rings. The Morgan fingerprint density at radius 2 is 2.00 bits per heavy atom. The molecule has 0 saturated heterocycles. The summed E-state index contributed by atoms with van der Waals surface area (Å²) in [5.74, 6) is 1.50. The molecule has 1 heterocycles. The highest BCUT2D eigenvalue weighted by atomic mass is 35.5. The first-order valence-corrected chi connectivity index (χ1v) is 4.05. The second kappa shape index (κ2) is 7.19. The van der Waals surface area contributed by atoms with Gasteiger partial charge in [0, 0.05) is 18.3 Å². The van der Waals surface area contributed by atoms with Crippen molar-refractivity contribution in [2.45, 2.75) is 6.42 Å². The van der Waals surface area contributed by atoms with E-state index in [1.54, 1.807) is 12.4 Å². The Kier molecular flexibility index (Phi) is 6.91. The van der Waals surface area contributed by atoms with Gasteiger partial charge in [-0.25, -0.2) is 0 Å². The zero-order chi connectivity index (χ0) is 7.94. The van der Waals surface area contributed by atoms with E-state index in [1.165, 1.54) is 0 Å². The molecule has 1 rings (SSSR count). The van der Waals surface area contributed by atoms with Gasteiger partial charge in [0.15, 0.2) is 0 Å². The molecular formula is C8H11Cl2NO. The average molecular weight is 208 g/mol. The smallest absolute Gasteiger partial charge is 0.122 e. The van der Waals surface area contributed by atoms with Crippen molar-refractivity contribution in [2.24, 2.45) is 0 Å². The number of hydrogen-bond acceptors (Lipinski definition) is 2. The molecule has 2 nitrogen and oxygen atoms in total. The summed E-state index contributed by atoms with van der Waals surface area (Å²) in [4.78, 5) is 3.87. The molecule has 0 aliphatic carbocycles. The van der Waals surface area contributed by atoms with E-state index in [2.05, 4.69) is 4.98 Å². The topological polar surface area (TPSA) is 22.1 Å². The van der Waals surface area contributed by atoms with Crippen molar-refractivity contribution in [1.82, 2.24) is 4.98 Å². The summed E-state index contributed by atoms with van der Waals surface area (Å²) in [5, 5.41) is 0. The SMILES string of the molecule is Cl.ClCCCOc1ccncc1. The fourth-order valence-electron chi connectivity index (χ4n) is 0.679. The molecule has 0 atom stereocenters. The number of rotatable bonds is 4. The van der Waals surface area contributed by atoms with E-state index < -0.39 is 0 Å². The molecule has 1 aromatic rings. The summed E-state index contributed by atoms with van der Waals surface area (Å²) in [7, 11) is 0. The van der Waals surface area contributed by atoms with Gasteiger partial charge in [-0.3, -0.25) is 4.98 Å². The van der Waals surface area contributed by atoms with Gasteiger partial charge < -0.3 is 4.74 Å². The lowest BCUT2D eigenvalue weighted by atomic mass is 10.4. The Balaban J connectivity index is 0.00000121. The number of ether oxygens (including phenoxy) is 1. The molecule has 0 N–H and O–H groups in total. The Morgan fingerprint density at radius 3 is 2.58 bits per heavy atom. The average Bonchev–Trinajstić information content (AvgIpc) is 2.07. The van der Waals surface area contributed by atoms with Crippen LogP contribution < -0.4 is 4.74 Å². The molecule has 12 heavy (non-hydrogen) atoms. The van der Waals surface area contributed by atoms with E-state index in [-0.39, 0.29) is 12.4 Å². The van der Waals surface area contributed by atoms with Crippen LogP contribution in [0.1, 0.15) is 6.42 Å². The summed E-state index contributed by atoms with van der Waals surface area (Å²) in [5.41, 5.74) is 0. The fourth-order valence-corrected chi connectivity index (χ4v) is 0.788. The van der Waals surface area contributed by atoms with Gasteiger partial charge in [0.1, 0.15) is 5.75 Å². The Bertz CT molecular complexity index is 194. The summed E-state index contributed by atoms with van der Waals surface area (Å²) < 4.78 is 5.32. The van der Waals surface area contributed by atoms with Crippen molar-refractivity contribution in [1.29, 1.82) is 0 Å². The molecule has 1 aromatic heterocycles. The molecule has 0 aromatic carbocycles. The molecule has 0 unspecified atom stereocenters. The van der Waals surface area contributed by atoms with E-state index >= 15 is 0 Å². The lowest BCUT2D eigenvalue weighted by Crippen LogP contribution is -1.97. The Labute approximate surface area is 83.3 Å². The van der Waals surface area contributed by atoms with Gasteiger partial charge in [0.2, 0.25) is 0 Å². The Morgan fingerprint density at radius 1 is 1.33 bits per heavy atom. The molecule has 4 heteroatoms. The van der Waals surface area contributed by atoms with Gasteiger partial charge in [-0.1, -0.05) is 0 Å². The lowest BCUT2D eigenvalue weighted by molar-refractivity contribution is 0.318. The lowest BCUT2D eigenvalue weighted by Gasteiger charge is -2.02. The van der Waals surface area contributed by atoms with E-state index in [4.69, 9.17) is 16.3 Å². The highest BCUT2D eigenvalue weighted by Crippen LogP contribution is 2.06. The van der Waals surface area contributed by atoms with Crippen molar-refractivity contribution in [3.63, 3.8) is 0 Å². The van der Waals surface area contributed by atoms with E-state index in [9.17, 15) is 0 Å². The molecule has 0 bridgehead atoms. The standard InChI is InChI=1S/C8H10ClNO.ClH/c9-4-1-7-11-8-2-5-10-6-3-8;/h2-3,5-6H,1,4,7H2;1H. The Hall–Kier alpha value is -0.470. The van der Waals surface area contributed by atoms with Crippen LogP contribution in [-0.2, 0) is 0 Å². The van der Waals surface area contributed by atoms with E-state index in [0.717, 1.165) is 12.2 Å². The third-order valence-electron chi connectivity index (χ3n) is 1.20. The third-order valence-corrected chi connectivity index (χ3v) is 1.46. The molecule has 68 valence electrons. The van der Waals surface area contributed by atoms with Crippen molar-refractivity contribution < 1.29 is 4.74 Å². The summed E-state index contributed by atoms with van der Waals surface area (Å²) in [6, 6.07) is 3.66. The normalized spacial score (nSPS) is 8.75. The maximum Gasteiger partial charge on any atom is 0.122 e. The minimum absolute atomic E-state index is 0. The van der Waals surface area contributed by atoms with E-state index in [0.29, 0.717) is 12.5 Å².